The van der Waals surface area contributed by atoms with E-state index in [-0.39, 0.29) is 6.04 Å². The van der Waals surface area contributed by atoms with Gasteiger partial charge in [0.1, 0.15) is 0 Å². The van der Waals surface area contributed by atoms with Gasteiger partial charge in [0.25, 0.3) is 0 Å². The normalized spacial score (nSPS) is 19.4. The lowest BCUT2D eigenvalue weighted by atomic mass is 9.96. The van der Waals surface area contributed by atoms with Crippen molar-refractivity contribution in [2.24, 2.45) is 7.05 Å². The molecule has 0 saturated carbocycles. The molecular weight excluding hydrogens is 214 g/mol. The number of aryl methyl sites for hydroxylation is 2. The number of carbonyl (C=O) groups excluding carboxylic acids is 1. The van der Waals surface area contributed by atoms with E-state index in [1.165, 1.54) is 5.56 Å². The summed E-state index contributed by atoms with van der Waals surface area (Å²) in [6.07, 6.45) is 4.75. The second-order valence-corrected chi connectivity index (χ2v) is 4.69. The number of rotatable bonds is 1. The highest BCUT2D eigenvalue weighted by Crippen LogP contribution is 2.34. The lowest BCUT2D eigenvalue weighted by Gasteiger charge is -2.32. The van der Waals surface area contributed by atoms with E-state index in [9.17, 15) is 4.79 Å². The molecule has 1 aliphatic rings. The van der Waals surface area contributed by atoms with E-state index in [1.54, 1.807) is 0 Å². The Kier molecular flexibility index (Phi) is 2.18. The maximum Gasteiger partial charge on any atom is 0.214 e. The highest BCUT2D eigenvalue weighted by atomic mass is 16.1. The molecule has 0 radical (unpaired) electrons. The number of carbonyl (C=O) groups is 1. The first-order valence-corrected chi connectivity index (χ1v) is 5.89. The van der Waals surface area contributed by atoms with E-state index in [0.29, 0.717) is 0 Å². The van der Waals surface area contributed by atoms with Crippen LogP contribution in [0.15, 0.2) is 18.5 Å². The molecule has 1 aromatic carbocycles. The molecule has 88 valence electrons. The minimum absolute atomic E-state index is 0.279. The predicted molar refractivity (Wildman–Crippen MR) is 67.0 cm³/mol. The molecule has 1 aliphatic heterocycles. The number of aromatic nitrogens is 2. The highest BCUT2D eigenvalue weighted by molar-refractivity contribution is 5.90. The van der Waals surface area contributed by atoms with E-state index in [4.69, 9.17) is 0 Å². The van der Waals surface area contributed by atoms with Crippen LogP contribution >= 0.6 is 0 Å². The Morgan fingerprint density at radius 3 is 3.06 bits per heavy atom. The molecule has 1 atom stereocenters. The number of imidazole rings is 1. The van der Waals surface area contributed by atoms with E-state index in [1.807, 2.05) is 35.0 Å². The fourth-order valence-electron chi connectivity index (χ4n) is 2.63. The Balaban J connectivity index is 2.27. The molecule has 0 spiro atoms. The molecule has 1 amide bonds. The van der Waals surface area contributed by atoms with Gasteiger partial charge in [-0.1, -0.05) is 0 Å². The van der Waals surface area contributed by atoms with Gasteiger partial charge in [-0.15, -0.1) is 0 Å². The topological polar surface area (TPSA) is 38.1 Å². The molecule has 17 heavy (non-hydrogen) atoms. The maximum atomic E-state index is 11.2. The van der Waals surface area contributed by atoms with Crippen molar-refractivity contribution in [1.82, 2.24) is 9.55 Å². The number of anilines is 1. The van der Waals surface area contributed by atoms with Crippen molar-refractivity contribution in [2.75, 3.05) is 4.90 Å². The third-order valence-corrected chi connectivity index (χ3v) is 3.66. The first-order valence-electron chi connectivity index (χ1n) is 5.89. The Bertz CT molecular complexity index is 588. The molecule has 1 unspecified atom stereocenters. The molecule has 2 aromatic rings. The van der Waals surface area contributed by atoms with Crippen LogP contribution in [0.1, 0.15) is 18.9 Å². The smallest absolute Gasteiger partial charge is 0.214 e. The SMILES string of the molecule is CC1CCc2c(ccc3c2ncn3C)N1C=O. The van der Waals surface area contributed by atoms with Crippen LogP contribution in [-0.2, 0) is 18.3 Å². The van der Waals surface area contributed by atoms with Crippen LogP contribution in [0.3, 0.4) is 0 Å². The lowest BCUT2D eigenvalue weighted by molar-refractivity contribution is -0.107. The molecule has 0 aliphatic carbocycles. The summed E-state index contributed by atoms with van der Waals surface area (Å²) >= 11 is 0. The molecule has 0 N–H and O–H groups in total. The first-order chi connectivity index (χ1) is 8.22. The molecule has 2 heterocycles. The second kappa shape index (κ2) is 3.58. The minimum atomic E-state index is 0.279. The summed E-state index contributed by atoms with van der Waals surface area (Å²) in [4.78, 5) is 17.4. The summed E-state index contributed by atoms with van der Waals surface area (Å²) in [5.41, 5.74) is 4.38. The molecule has 0 bridgehead atoms. The van der Waals surface area contributed by atoms with Gasteiger partial charge in [0.2, 0.25) is 6.41 Å². The van der Waals surface area contributed by atoms with Crippen LogP contribution in [-0.4, -0.2) is 22.0 Å². The molecule has 4 nitrogen and oxygen atoms in total. The van der Waals surface area contributed by atoms with Gasteiger partial charge in [0.15, 0.2) is 0 Å². The summed E-state index contributed by atoms with van der Waals surface area (Å²) in [6.45, 7) is 2.08. The standard InChI is InChI=1S/C13H15N3O/c1-9-3-4-10-11(16(9)8-17)5-6-12-13(10)14-7-15(12)2/h5-9H,3-4H2,1-2H3. The Hall–Kier alpha value is -1.84. The Morgan fingerprint density at radius 2 is 2.29 bits per heavy atom. The van der Waals surface area contributed by atoms with Crippen molar-refractivity contribution in [3.63, 3.8) is 0 Å². The monoisotopic (exact) mass is 229 g/mol. The van der Waals surface area contributed by atoms with E-state index in [0.717, 1.165) is 36.0 Å². The zero-order valence-corrected chi connectivity index (χ0v) is 10.1. The number of amides is 1. The lowest BCUT2D eigenvalue weighted by Crippen LogP contribution is -2.36. The number of hydrogen-bond acceptors (Lipinski definition) is 2. The summed E-state index contributed by atoms with van der Waals surface area (Å²) in [6, 6.07) is 4.35. The van der Waals surface area contributed by atoms with Gasteiger partial charge in [0, 0.05) is 24.3 Å². The van der Waals surface area contributed by atoms with Crippen molar-refractivity contribution < 1.29 is 4.79 Å². The molecule has 0 fully saturated rings. The van der Waals surface area contributed by atoms with Crippen molar-refractivity contribution in [1.29, 1.82) is 0 Å². The summed E-state index contributed by atoms with van der Waals surface area (Å²) in [7, 11) is 1.99. The second-order valence-electron chi connectivity index (χ2n) is 4.69. The van der Waals surface area contributed by atoms with Crippen molar-refractivity contribution >= 4 is 23.1 Å². The average Bonchev–Trinajstić information content (AvgIpc) is 2.71. The van der Waals surface area contributed by atoms with Gasteiger partial charge in [0.05, 0.1) is 17.4 Å². The molecular formula is C13H15N3O. The molecule has 3 rings (SSSR count). The fraction of sp³-hybridized carbons (Fsp3) is 0.385. The zero-order chi connectivity index (χ0) is 12.0. The van der Waals surface area contributed by atoms with Crippen LogP contribution in [0, 0.1) is 0 Å². The number of hydrogen-bond donors (Lipinski definition) is 0. The van der Waals surface area contributed by atoms with Gasteiger partial charge in [-0.2, -0.15) is 0 Å². The van der Waals surface area contributed by atoms with Crippen LogP contribution in [0.2, 0.25) is 0 Å². The van der Waals surface area contributed by atoms with E-state index in [2.05, 4.69) is 11.9 Å². The van der Waals surface area contributed by atoms with Crippen LogP contribution in [0.4, 0.5) is 5.69 Å². The van der Waals surface area contributed by atoms with E-state index < -0.39 is 0 Å². The van der Waals surface area contributed by atoms with Gasteiger partial charge >= 0.3 is 0 Å². The van der Waals surface area contributed by atoms with Crippen molar-refractivity contribution in [3.05, 3.63) is 24.0 Å². The predicted octanol–water partition coefficient (Wildman–Crippen LogP) is 1.87. The number of nitrogens with zero attached hydrogens (tertiary/aromatic N) is 3. The van der Waals surface area contributed by atoms with E-state index >= 15 is 0 Å². The number of fused-ring (bicyclic) bond motifs is 3. The fourth-order valence-corrected chi connectivity index (χ4v) is 2.63. The Morgan fingerprint density at radius 1 is 1.47 bits per heavy atom. The van der Waals surface area contributed by atoms with Crippen LogP contribution < -0.4 is 4.90 Å². The van der Waals surface area contributed by atoms with Crippen LogP contribution in [0.25, 0.3) is 11.0 Å². The third-order valence-electron chi connectivity index (χ3n) is 3.66. The van der Waals surface area contributed by atoms with Gasteiger partial charge < -0.3 is 9.47 Å². The van der Waals surface area contributed by atoms with Crippen LogP contribution in [0.5, 0.6) is 0 Å². The molecule has 0 saturated heterocycles. The third kappa shape index (κ3) is 1.37. The maximum absolute atomic E-state index is 11.2. The highest BCUT2D eigenvalue weighted by Gasteiger charge is 2.25. The molecule has 1 aromatic heterocycles. The minimum Gasteiger partial charge on any atom is -0.334 e. The largest absolute Gasteiger partial charge is 0.334 e. The van der Waals surface area contributed by atoms with Gasteiger partial charge in [-0.25, -0.2) is 4.98 Å². The average molecular weight is 229 g/mol. The quantitative estimate of drug-likeness (QED) is 0.700. The van der Waals surface area contributed by atoms with Crippen molar-refractivity contribution in [2.45, 2.75) is 25.8 Å². The first kappa shape index (κ1) is 10.3. The zero-order valence-electron chi connectivity index (χ0n) is 10.1. The van der Waals surface area contributed by atoms with Gasteiger partial charge in [-0.3, -0.25) is 4.79 Å². The summed E-state index contributed by atoms with van der Waals surface area (Å²) in [5.74, 6) is 0. The molecule has 4 heteroatoms. The van der Waals surface area contributed by atoms with Gasteiger partial charge in [-0.05, 0) is 31.9 Å². The van der Waals surface area contributed by atoms with Crippen molar-refractivity contribution in [3.8, 4) is 0 Å². The summed E-state index contributed by atoms with van der Waals surface area (Å²) < 4.78 is 2.01. The number of benzene rings is 1. The Labute approximate surface area is 99.9 Å². The summed E-state index contributed by atoms with van der Waals surface area (Å²) in [5, 5.41) is 0.